The molecule has 4 nitrogen and oxygen atoms in total. The Labute approximate surface area is 150 Å². The molecule has 0 aromatic carbocycles. The van der Waals surface area contributed by atoms with Gasteiger partial charge in [0.2, 0.25) is 0 Å². The minimum Gasteiger partial charge on any atom is -0.346 e. The number of aromatic nitrogens is 4. The molecule has 0 aliphatic rings. The van der Waals surface area contributed by atoms with E-state index >= 15 is 0 Å². The van der Waals surface area contributed by atoms with Gasteiger partial charge in [-0.1, -0.05) is 23.2 Å². The second-order valence-corrected chi connectivity index (χ2v) is 7.01. The Morgan fingerprint density at radius 3 is 2.83 bits per heavy atom. The third-order valence-electron chi connectivity index (χ3n) is 3.53. The van der Waals surface area contributed by atoms with Crippen molar-refractivity contribution in [3.8, 4) is 10.7 Å². The van der Waals surface area contributed by atoms with Crippen LogP contribution in [0.5, 0.6) is 0 Å². The van der Waals surface area contributed by atoms with Gasteiger partial charge in [-0.05, 0) is 23.8 Å². The Kier molecular flexibility index (Phi) is 3.96. The second-order valence-electron chi connectivity index (χ2n) is 5.14. The summed E-state index contributed by atoms with van der Waals surface area (Å²) in [5, 5.41) is 2.61. The zero-order valence-corrected chi connectivity index (χ0v) is 14.4. The van der Waals surface area contributed by atoms with E-state index < -0.39 is 0 Å². The van der Waals surface area contributed by atoms with Crippen LogP contribution in [0.2, 0.25) is 10.2 Å². The standard InChI is InChI=1S/C16H9Cl2FN4S/c17-9-4-11-8(5-21-15(11)22-6-9)3-13-14(18)23-16(24-13)12-2-1-10(19)7-20-12/h1-2,4-7H,3H2,(H,21,22). The van der Waals surface area contributed by atoms with Gasteiger partial charge in [0.15, 0.2) is 0 Å². The number of fused-ring (bicyclic) bond motifs is 1. The Hall–Kier alpha value is -2.02. The van der Waals surface area contributed by atoms with Gasteiger partial charge in [0, 0.05) is 29.1 Å². The van der Waals surface area contributed by atoms with Crippen molar-refractivity contribution >= 4 is 45.6 Å². The molecule has 4 aromatic rings. The fraction of sp³-hybridized carbons (Fsp3) is 0.0625. The van der Waals surface area contributed by atoms with E-state index in [2.05, 4.69) is 19.9 Å². The van der Waals surface area contributed by atoms with Crippen LogP contribution < -0.4 is 0 Å². The first-order chi connectivity index (χ1) is 11.6. The number of aromatic amines is 1. The molecule has 0 unspecified atom stereocenters. The maximum Gasteiger partial charge on any atom is 0.144 e. The highest BCUT2D eigenvalue weighted by molar-refractivity contribution is 7.15. The first-order valence-corrected chi connectivity index (χ1v) is 8.56. The van der Waals surface area contributed by atoms with Gasteiger partial charge in [0.25, 0.3) is 0 Å². The number of pyridine rings is 2. The summed E-state index contributed by atoms with van der Waals surface area (Å²) in [4.78, 5) is 16.6. The maximum atomic E-state index is 13.0. The summed E-state index contributed by atoms with van der Waals surface area (Å²) in [7, 11) is 0. The third-order valence-corrected chi connectivity index (χ3v) is 5.24. The van der Waals surface area contributed by atoms with Crippen molar-refractivity contribution in [1.29, 1.82) is 0 Å². The van der Waals surface area contributed by atoms with Crippen LogP contribution in [0.1, 0.15) is 10.4 Å². The highest BCUT2D eigenvalue weighted by Crippen LogP contribution is 2.33. The number of rotatable bonds is 3. The summed E-state index contributed by atoms with van der Waals surface area (Å²) in [5.74, 6) is -0.384. The molecule has 0 atom stereocenters. The molecule has 0 saturated carbocycles. The van der Waals surface area contributed by atoms with E-state index in [1.54, 1.807) is 12.3 Å². The highest BCUT2D eigenvalue weighted by atomic mass is 35.5. The van der Waals surface area contributed by atoms with Gasteiger partial charge in [-0.3, -0.25) is 4.98 Å². The van der Waals surface area contributed by atoms with Crippen LogP contribution in [0.15, 0.2) is 36.8 Å². The van der Waals surface area contributed by atoms with E-state index in [1.807, 2.05) is 12.3 Å². The summed E-state index contributed by atoms with van der Waals surface area (Å²) in [5.41, 5.74) is 2.40. The lowest BCUT2D eigenvalue weighted by Crippen LogP contribution is -1.84. The van der Waals surface area contributed by atoms with Crippen LogP contribution in [-0.4, -0.2) is 19.9 Å². The predicted octanol–water partition coefficient (Wildman–Crippen LogP) is 5.12. The molecule has 0 amide bonds. The molecule has 0 aliphatic heterocycles. The van der Waals surface area contributed by atoms with Crippen molar-refractivity contribution < 1.29 is 4.39 Å². The lowest BCUT2D eigenvalue weighted by Gasteiger charge is -1.97. The van der Waals surface area contributed by atoms with Gasteiger partial charge in [-0.15, -0.1) is 11.3 Å². The molecule has 120 valence electrons. The van der Waals surface area contributed by atoms with Gasteiger partial charge in [-0.2, -0.15) is 0 Å². The van der Waals surface area contributed by atoms with Crippen LogP contribution in [0.25, 0.3) is 21.7 Å². The average molecular weight is 379 g/mol. The normalized spacial score (nSPS) is 11.3. The average Bonchev–Trinajstić information content (AvgIpc) is 3.13. The topological polar surface area (TPSA) is 54.5 Å². The molecule has 0 radical (unpaired) electrons. The molecule has 24 heavy (non-hydrogen) atoms. The van der Waals surface area contributed by atoms with E-state index in [1.165, 1.54) is 17.4 Å². The molecule has 4 heterocycles. The summed E-state index contributed by atoms with van der Waals surface area (Å²) >= 11 is 13.7. The van der Waals surface area contributed by atoms with E-state index in [0.717, 1.165) is 27.7 Å². The Balaban J connectivity index is 1.69. The lowest BCUT2D eigenvalue weighted by molar-refractivity contribution is 0.622. The fourth-order valence-electron chi connectivity index (χ4n) is 2.41. The second kappa shape index (κ2) is 6.12. The van der Waals surface area contributed by atoms with Gasteiger partial charge in [0.05, 0.1) is 16.9 Å². The van der Waals surface area contributed by atoms with E-state index in [4.69, 9.17) is 23.2 Å². The minimum absolute atomic E-state index is 0.384. The number of halogens is 3. The van der Waals surface area contributed by atoms with Gasteiger partial charge < -0.3 is 4.98 Å². The van der Waals surface area contributed by atoms with E-state index in [9.17, 15) is 4.39 Å². The number of H-pyrrole nitrogens is 1. The molecule has 0 aliphatic carbocycles. The smallest absolute Gasteiger partial charge is 0.144 e. The Bertz CT molecular complexity index is 1030. The monoisotopic (exact) mass is 378 g/mol. The summed E-state index contributed by atoms with van der Waals surface area (Å²) in [6, 6.07) is 4.81. The highest BCUT2D eigenvalue weighted by Gasteiger charge is 2.15. The van der Waals surface area contributed by atoms with Gasteiger partial charge >= 0.3 is 0 Å². The SMILES string of the molecule is Fc1ccc(-c2nc(Cl)c(Cc3c[nH]c4ncc(Cl)cc34)s2)nc1. The first-order valence-electron chi connectivity index (χ1n) is 6.99. The Morgan fingerprint density at radius 1 is 1.17 bits per heavy atom. The molecule has 4 aromatic heterocycles. The molecular weight excluding hydrogens is 370 g/mol. The largest absolute Gasteiger partial charge is 0.346 e. The zero-order valence-electron chi connectivity index (χ0n) is 12.1. The number of nitrogens with one attached hydrogen (secondary N) is 1. The van der Waals surface area contributed by atoms with Crippen molar-refractivity contribution in [3.63, 3.8) is 0 Å². The van der Waals surface area contributed by atoms with Crippen LogP contribution in [-0.2, 0) is 6.42 Å². The molecular formula is C16H9Cl2FN4S. The van der Waals surface area contributed by atoms with Gasteiger partial charge in [0.1, 0.15) is 21.6 Å². The van der Waals surface area contributed by atoms with Crippen molar-refractivity contribution in [2.75, 3.05) is 0 Å². The van der Waals surface area contributed by atoms with Crippen molar-refractivity contribution in [1.82, 2.24) is 19.9 Å². The minimum atomic E-state index is -0.384. The molecule has 0 spiro atoms. The van der Waals surface area contributed by atoms with Crippen molar-refractivity contribution in [2.24, 2.45) is 0 Å². The van der Waals surface area contributed by atoms with Crippen LogP contribution in [0.4, 0.5) is 4.39 Å². The predicted molar refractivity (Wildman–Crippen MR) is 94.2 cm³/mol. The van der Waals surface area contributed by atoms with E-state index in [0.29, 0.717) is 27.3 Å². The molecule has 4 rings (SSSR count). The van der Waals surface area contributed by atoms with Crippen molar-refractivity contribution in [3.05, 3.63) is 63.2 Å². The number of nitrogens with zero attached hydrogens (tertiary/aromatic N) is 3. The summed E-state index contributed by atoms with van der Waals surface area (Å²) in [6.07, 6.45) is 5.25. The van der Waals surface area contributed by atoms with E-state index in [-0.39, 0.29) is 5.82 Å². The molecule has 0 saturated heterocycles. The number of hydrogen-bond acceptors (Lipinski definition) is 4. The fourth-order valence-corrected chi connectivity index (χ4v) is 3.83. The number of thiazole rings is 1. The molecule has 1 N–H and O–H groups in total. The molecule has 8 heteroatoms. The van der Waals surface area contributed by atoms with Crippen LogP contribution >= 0.6 is 34.5 Å². The van der Waals surface area contributed by atoms with Crippen LogP contribution in [0, 0.1) is 5.82 Å². The summed E-state index contributed by atoms with van der Waals surface area (Å²) in [6.45, 7) is 0. The Morgan fingerprint density at radius 2 is 2.04 bits per heavy atom. The first kappa shape index (κ1) is 15.5. The zero-order chi connectivity index (χ0) is 16.7. The number of hydrogen-bond donors (Lipinski definition) is 1. The van der Waals surface area contributed by atoms with Gasteiger partial charge in [-0.25, -0.2) is 14.4 Å². The van der Waals surface area contributed by atoms with Crippen molar-refractivity contribution in [2.45, 2.75) is 6.42 Å². The lowest BCUT2D eigenvalue weighted by atomic mass is 10.1. The summed E-state index contributed by atoms with van der Waals surface area (Å²) < 4.78 is 13.0. The third kappa shape index (κ3) is 2.88. The maximum absolute atomic E-state index is 13.0. The van der Waals surface area contributed by atoms with Crippen LogP contribution in [0.3, 0.4) is 0 Å². The molecule has 0 fully saturated rings. The quantitative estimate of drug-likeness (QED) is 0.538. The molecule has 0 bridgehead atoms.